The van der Waals surface area contributed by atoms with Crippen molar-refractivity contribution in [2.45, 2.75) is 6.54 Å². The van der Waals surface area contributed by atoms with Crippen LogP contribution in [0, 0.1) is 15.7 Å². The van der Waals surface area contributed by atoms with E-state index in [1.54, 1.807) is 12.1 Å². The quantitative estimate of drug-likeness (QED) is 0.551. The predicted octanol–water partition coefficient (Wildman–Crippen LogP) is -2.36. The minimum atomic E-state index is -4.69. The molecule has 0 fully saturated rings. The molecule has 1 amide bonds. The van der Waals surface area contributed by atoms with Gasteiger partial charge in [0.2, 0.25) is 0 Å². The maximum Gasteiger partial charge on any atom is 0.305 e. The Balaban J connectivity index is 0.000000338. The highest BCUT2D eigenvalue weighted by molar-refractivity contribution is 6.02. The molecular weight excluding hydrogens is 330 g/mol. The lowest BCUT2D eigenvalue weighted by Gasteiger charge is -2.17. The zero-order valence-electron chi connectivity index (χ0n) is 11.6. The maximum atomic E-state index is 11.8. The summed E-state index contributed by atoms with van der Waals surface area (Å²) in [6, 6.07) is 10.9. The van der Waals surface area contributed by atoms with E-state index < -0.39 is 10.2 Å². The molecule has 3 rings (SSSR count). The number of furan rings is 1. The number of hydrogen-bond acceptors (Lipinski definition) is 7. The Hall–Kier alpha value is -2.43. The van der Waals surface area contributed by atoms with Gasteiger partial charge in [0.25, 0.3) is 0 Å². The minimum absolute atomic E-state index is 0.235. The summed E-state index contributed by atoms with van der Waals surface area (Å²) in [7, 11) is -4.69. The van der Waals surface area contributed by atoms with Gasteiger partial charge in [-0.2, -0.15) is 14.0 Å². The van der Waals surface area contributed by atoms with E-state index in [0.717, 1.165) is 11.1 Å². The van der Waals surface area contributed by atoms with Crippen molar-refractivity contribution < 1.29 is 38.1 Å². The lowest BCUT2D eigenvalue weighted by Crippen LogP contribution is -2.58. The summed E-state index contributed by atoms with van der Waals surface area (Å²) in [5.74, 6) is 0.182. The van der Waals surface area contributed by atoms with Crippen LogP contribution in [-0.4, -0.2) is 21.4 Å². The number of amides is 1. The number of nitrogens with one attached hydrogen (secondary N) is 2. The molecule has 0 atom stereocenters. The zero-order chi connectivity index (χ0) is 17.0. The van der Waals surface area contributed by atoms with Gasteiger partial charge in [-0.25, -0.2) is 0 Å². The molecule has 0 saturated heterocycles. The molecular formula is C13H12ClN3O6. The van der Waals surface area contributed by atoms with Gasteiger partial charge in [0.1, 0.15) is 5.84 Å². The third-order valence-corrected chi connectivity index (χ3v) is 2.85. The number of benzene rings is 1. The molecule has 2 heterocycles. The number of halogens is 1. The highest BCUT2D eigenvalue weighted by Gasteiger charge is 2.25. The average Bonchev–Trinajstić information content (AvgIpc) is 3.07. The Morgan fingerprint density at radius 1 is 1.26 bits per heavy atom. The number of fused-ring (bicyclic) bond motifs is 1. The summed E-state index contributed by atoms with van der Waals surface area (Å²) >= 11 is 0. The van der Waals surface area contributed by atoms with Crippen molar-refractivity contribution in [1.29, 1.82) is 5.41 Å². The van der Waals surface area contributed by atoms with Crippen molar-refractivity contribution in [3.63, 3.8) is 0 Å². The van der Waals surface area contributed by atoms with Crippen LogP contribution >= 0.6 is 0 Å². The van der Waals surface area contributed by atoms with E-state index in [9.17, 15) is 4.79 Å². The first-order valence-corrected chi connectivity index (χ1v) is 7.44. The van der Waals surface area contributed by atoms with Crippen molar-refractivity contribution in [3.8, 4) is 0 Å². The van der Waals surface area contributed by atoms with Crippen molar-refractivity contribution >= 4 is 11.7 Å². The summed E-state index contributed by atoms with van der Waals surface area (Å²) in [5.41, 5.74) is 4.53. The van der Waals surface area contributed by atoms with E-state index in [1.807, 2.05) is 24.3 Å². The molecule has 23 heavy (non-hydrogen) atoms. The molecule has 0 bridgehead atoms. The predicted molar refractivity (Wildman–Crippen MR) is 67.2 cm³/mol. The topological polar surface area (TPSA) is 159 Å². The first kappa shape index (κ1) is 16.9. The fourth-order valence-corrected chi connectivity index (χ4v) is 1.96. The highest BCUT2D eigenvalue weighted by Crippen LogP contribution is 2.20. The number of nitrogens with zero attached hydrogens (tertiary/aromatic N) is 1. The zero-order valence-corrected chi connectivity index (χ0v) is 12.3. The van der Waals surface area contributed by atoms with Gasteiger partial charge in [-0.05, 0) is 17.7 Å². The van der Waals surface area contributed by atoms with Crippen LogP contribution in [0.15, 0.2) is 47.1 Å². The highest BCUT2D eigenvalue weighted by atomic mass is 35.7. The standard InChI is InChI=1S/C13H11N3O2.ClHO4/c14-12-10-5-2-1-4-9(10)8-16(12)15-13(17)11-6-3-7-18-11;2-1(3,4)5/h1-7,14H,8H2,(H,15,17);(H,2,3,4,5). The van der Waals surface area contributed by atoms with Crippen molar-refractivity contribution in [1.82, 2.24) is 10.4 Å². The number of carbonyl (C=O) groups is 1. The molecule has 1 aliphatic rings. The van der Waals surface area contributed by atoms with Gasteiger partial charge in [0.15, 0.2) is 5.76 Å². The summed E-state index contributed by atoms with van der Waals surface area (Å²) in [6.07, 6.45) is 1.44. The fraction of sp³-hybridized carbons (Fsp3) is 0.0769. The molecule has 1 aromatic carbocycles. The Kier molecular flexibility index (Phi) is 4.98. The monoisotopic (exact) mass is 341 g/mol. The van der Waals surface area contributed by atoms with Gasteiger partial charge in [-0.3, -0.25) is 20.6 Å². The molecule has 3 N–H and O–H groups in total. The van der Waals surface area contributed by atoms with Crippen molar-refractivity contribution in [2.24, 2.45) is 0 Å². The van der Waals surface area contributed by atoms with Gasteiger partial charge in [-0.1, -0.05) is 24.3 Å². The van der Waals surface area contributed by atoms with Crippen LogP contribution in [0.4, 0.5) is 0 Å². The second-order valence-corrected chi connectivity index (χ2v) is 5.20. The van der Waals surface area contributed by atoms with Gasteiger partial charge < -0.3 is 4.42 Å². The SMILES string of the molecule is N=C1c2ccccc2CN1NC(=O)c1ccco1.[O-][Cl+3]([O-])([O-])O. The number of amidine groups is 1. The first-order valence-electron chi connectivity index (χ1n) is 6.18. The smallest absolute Gasteiger partial charge is 0.305 e. The van der Waals surface area contributed by atoms with Crippen molar-refractivity contribution in [2.75, 3.05) is 0 Å². The lowest BCUT2D eigenvalue weighted by molar-refractivity contribution is -1.92. The van der Waals surface area contributed by atoms with Crippen LogP contribution in [0.1, 0.15) is 21.7 Å². The molecule has 0 unspecified atom stereocenters. The molecule has 0 saturated carbocycles. The Labute approximate surface area is 132 Å². The Bertz CT molecular complexity index is 692. The summed E-state index contributed by atoms with van der Waals surface area (Å²) in [6.45, 7) is 0.501. The average molecular weight is 342 g/mol. The summed E-state index contributed by atoms with van der Waals surface area (Å²) in [5, 5.41) is 9.50. The third-order valence-electron chi connectivity index (χ3n) is 2.85. The molecule has 0 aliphatic carbocycles. The van der Waals surface area contributed by atoms with Crippen LogP contribution in [0.3, 0.4) is 0 Å². The third kappa shape index (κ3) is 4.77. The van der Waals surface area contributed by atoms with E-state index in [-0.39, 0.29) is 11.7 Å². The van der Waals surface area contributed by atoms with E-state index in [2.05, 4.69) is 5.43 Å². The second kappa shape index (κ2) is 6.77. The molecule has 10 heteroatoms. The molecule has 0 radical (unpaired) electrons. The number of carbonyl (C=O) groups excluding carboxylic acids is 1. The van der Waals surface area contributed by atoms with Gasteiger partial charge in [-0.15, -0.1) is 0 Å². The van der Waals surface area contributed by atoms with E-state index in [1.165, 1.54) is 11.3 Å². The molecule has 0 spiro atoms. The normalized spacial score (nSPS) is 13.2. The van der Waals surface area contributed by atoms with E-state index >= 15 is 0 Å². The second-order valence-electron chi connectivity index (χ2n) is 4.41. The molecule has 2 aromatic rings. The molecule has 1 aromatic heterocycles. The number of hydrazine groups is 1. The Morgan fingerprint density at radius 3 is 2.48 bits per heavy atom. The minimum Gasteiger partial charge on any atom is -0.459 e. The molecule has 9 nitrogen and oxygen atoms in total. The van der Waals surface area contributed by atoms with E-state index in [4.69, 9.17) is 28.5 Å². The largest absolute Gasteiger partial charge is 0.459 e. The van der Waals surface area contributed by atoms with Gasteiger partial charge in [0, 0.05) is 5.56 Å². The van der Waals surface area contributed by atoms with Crippen LogP contribution in [-0.2, 0) is 6.54 Å². The van der Waals surface area contributed by atoms with E-state index in [0.29, 0.717) is 12.4 Å². The number of rotatable bonds is 2. The van der Waals surface area contributed by atoms with Gasteiger partial charge >= 0.3 is 5.91 Å². The fourth-order valence-electron chi connectivity index (χ4n) is 1.96. The maximum absolute atomic E-state index is 11.8. The molecule has 122 valence electrons. The van der Waals surface area contributed by atoms with Crippen LogP contribution in [0.25, 0.3) is 0 Å². The summed E-state index contributed by atoms with van der Waals surface area (Å²) < 4.78 is 37.7. The van der Waals surface area contributed by atoms with Crippen LogP contribution in [0.5, 0.6) is 0 Å². The summed E-state index contributed by atoms with van der Waals surface area (Å²) in [4.78, 5) is 11.8. The molecule has 1 aliphatic heterocycles. The van der Waals surface area contributed by atoms with Crippen LogP contribution in [0.2, 0.25) is 0 Å². The Morgan fingerprint density at radius 2 is 1.91 bits per heavy atom. The van der Waals surface area contributed by atoms with Gasteiger partial charge in [0.05, 0.1) is 27.7 Å². The van der Waals surface area contributed by atoms with Crippen LogP contribution < -0.4 is 19.4 Å². The first-order chi connectivity index (χ1) is 10.8. The van der Waals surface area contributed by atoms with Crippen molar-refractivity contribution in [3.05, 3.63) is 59.5 Å². The number of hydrogen-bond donors (Lipinski definition) is 3. The lowest BCUT2D eigenvalue weighted by atomic mass is 10.1.